The lowest BCUT2D eigenvalue weighted by atomic mass is 10.0. The van der Waals surface area contributed by atoms with Crippen molar-refractivity contribution < 1.29 is 23.9 Å². The number of thioether (sulfide) groups is 2. The molecule has 2 aliphatic heterocycles. The van der Waals surface area contributed by atoms with Gasteiger partial charge in [-0.1, -0.05) is 18.2 Å². The smallest absolute Gasteiger partial charge is 0.316 e. The van der Waals surface area contributed by atoms with Gasteiger partial charge < -0.3 is 20.1 Å². The minimum atomic E-state index is -0.358. The van der Waals surface area contributed by atoms with E-state index in [0.29, 0.717) is 31.3 Å². The van der Waals surface area contributed by atoms with Crippen molar-refractivity contribution >= 4 is 40.6 Å². The van der Waals surface area contributed by atoms with Gasteiger partial charge in [0.05, 0.1) is 30.0 Å². The predicted molar refractivity (Wildman–Crippen MR) is 113 cm³/mol. The number of rotatable bonds is 12. The molecule has 160 valence electrons. The molecule has 7 nitrogen and oxygen atoms in total. The van der Waals surface area contributed by atoms with Crippen LogP contribution < -0.4 is 10.6 Å². The number of carbonyl (C=O) groups excluding carboxylic acids is 3. The molecule has 0 radical (unpaired) electrons. The summed E-state index contributed by atoms with van der Waals surface area (Å²) in [4.78, 5) is 35.1. The highest BCUT2D eigenvalue weighted by molar-refractivity contribution is 8.14. The molecule has 28 heavy (non-hydrogen) atoms. The van der Waals surface area contributed by atoms with Crippen LogP contribution in [0.25, 0.3) is 0 Å². The Morgan fingerprint density at radius 3 is 2.82 bits per heavy atom. The van der Waals surface area contributed by atoms with Gasteiger partial charge in [-0.25, -0.2) is 4.79 Å². The molecule has 2 amide bonds. The number of unbranched alkanes of at least 4 members (excludes halogenated alkanes) is 1. The topological polar surface area (TPSA) is 93.7 Å². The molecule has 2 fully saturated rings. The van der Waals surface area contributed by atoms with Gasteiger partial charge in [-0.3, -0.25) is 9.59 Å². The molecule has 0 bridgehead atoms. The Balaban J connectivity index is 1.50. The maximum Gasteiger partial charge on any atom is 0.316 e. The van der Waals surface area contributed by atoms with Crippen LogP contribution >= 0.6 is 23.5 Å². The highest BCUT2D eigenvalue weighted by Gasteiger charge is 2.42. The Hall–Kier alpha value is -0.930. The zero-order valence-electron chi connectivity index (χ0n) is 17.0. The molecule has 0 aliphatic carbocycles. The summed E-state index contributed by atoms with van der Waals surface area (Å²) < 4.78 is 10.7. The Bertz CT molecular complexity index is 558. The van der Waals surface area contributed by atoms with E-state index in [-0.39, 0.29) is 40.6 Å². The minimum Gasteiger partial charge on any atom is -0.465 e. The average Bonchev–Trinajstić information content (AvgIpc) is 3.16. The normalized spacial score (nSPS) is 23.8. The van der Waals surface area contributed by atoms with Crippen LogP contribution in [-0.4, -0.2) is 64.8 Å². The van der Waals surface area contributed by atoms with Crippen LogP contribution in [0.15, 0.2) is 0 Å². The monoisotopic (exact) mass is 432 g/mol. The maximum atomic E-state index is 12.0. The fourth-order valence-corrected chi connectivity index (χ4v) is 5.58. The molecule has 2 N–H and O–H groups in total. The third-order valence-electron chi connectivity index (χ3n) is 4.91. The zero-order valence-corrected chi connectivity index (χ0v) is 18.6. The Labute approximate surface area is 175 Å². The lowest BCUT2D eigenvalue weighted by Crippen LogP contribution is -2.36. The third kappa shape index (κ3) is 7.83. The van der Waals surface area contributed by atoms with E-state index in [9.17, 15) is 14.4 Å². The summed E-state index contributed by atoms with van der Waals surface area (Å²) in [5.41, 5.74) is -0.313. The average molecular weight is 433 g/mol. The highest BCUT2D eigenvalue weighted by Crippen LogP contribution is 2.33. The van der Waals surface area contributed by atoms with E-state index >= 15 is 0 Å². The number of amides is 2. The molecule has 2 saturated heterocycles. The molecule has 0 spiro atoms. The fraction of sp³-hybridized carbons (Fsp3) is 0.842. The van der Waals surface area contributed by atoms with Crippen molar-refractivity contribution in [2.45, 2.75) is 75.8 Å². The van der Waals surface area contributed by atoms with Crippen LogP contribution in [0.2, 0.25) is 0 Å². The highest BCUT2D eigenvalue weighted by atomic mass is 32.2. The molecular formula is C19H32N2O5S2. The molecule has 0 unspecified atom stereocenters. The van der Waals surface area contributed by atoms with E-state index in [0.717, 1.165) is 36.8 Å². The van der Waals surface area contributed by atoms with E-state index in [1.165, 1.54) is 0 Å². The molecule has 2 rings (SSSR count). The van der Waals surface area contributed by atoms with E-state index < -0.39 is 0 Å². The van der Waals surface area contributed by atoms with E-state index in [1.54, 1.807) is 0 Å². The van der Waals surface area contributed by atoms with E-state index in [4.69, 9.17) is 9.47 Å². The molecule has 9 heteroatoms. The Morgan fingerprint density at radius 1 is 1.29 bits per heavy atom. The van der Waals surface area contributed by atoms with Crippen molar-refractivity contribution in [1.82, 2.24) is 10.6 Å². The number of urea groups is 1. The summed E-state index contributed by atoms with van der Waals surface area (Å²) >= 11 is 2.92. The zero-order chi connectivity index (χ0) is 20.6. The van der Waals surface area contributed by atoms with Crippen LogP contribution in [0.1, 0.15) is 52.9 Å². The first kappa shape index (κ1) is 23.3. The number of hydrogen-bond donors (Lipinski definition) is 2. The molecule has 0 aromatic heterocycles. The van der Waals surface area contributed by atoms with Gasteiger partial charge in [0.2, 0.25) is 0 Å². The number of ether oxygens (including phenoxy) is 2. The van der Waals surface area contributed by atoms with Crippen LogP contribution in [0.4, 0.5) is 4.79 Å². The molecule has 3 atom stereocenters. The minimum absolute atomic E-state index is 0.0272. The summed E-state index contributed by atoms with van der Waals surface area (Å²) in [6.07, 6.45) is 3.83. The summed E-state index contributed by atoms with van der Waals surface area (Å²) in [5.74, 6) is 0.657. The van der Waals surface area contributed by atoms with Gasteiger partial charge in [0.25, 0.3) is 0 Å². The van der Waals surface area contributed by atoms with Gasteiger partial charge in [0, 0.05) is 30.5 Å². The van der Waals surface area contributed by atoms with Crippen molar-refractivity contribution in [3.05, 3.63) is 0 Å². The van der Waals surface area contributed by atoms with Gasteiger partial charge in [0.15, 0.2) is 5.12 Å². The fourth-order valence-electron chi connectivity index (χ4n) is 3.38. The Morgan fingerprint density at radius 2 is 2.07 bits per heavy atom. The Kier molecular flexibility index (Phi) is 9.43. The van der Waals surface area contributed by atoms with E-state index in [1.807, 2.05) is 32.5 Å². The summed E-state index contributed by atoms with van der Waals surface area (Å²) in [7, 11) is 0. The third-order valence-corrected chi connectivity index (χ3v) is 7.33. The first-order chi connectivity index (χ1) is 13.3. The summed E-state index contributed by atoms with van der Waals surface area (Å²) in [6, 6.07) is 0.384. The lowest BCUT2D eigenvalue weighted by Gasteiger charge is -2.24. The van der Waals surface area contributed by atoms with Crippen molar-refractivity contribution in [1.29, 1.82) is 0 Å². The second-order valence-electron chi connectivity index (χ2n) is 7.69. The van der Waals surface area contributed by atoms with Crippen LogP contribution in [0.5, 0.6) is 0 Å². The first-order valence-electron chi connectivity index (χ1n) is 9.94. The van der Waals surface area contributed by atoms with Crippen molar-refractivity contribution in [2.75, 3.05) is 24.7 Å². The van der Waals surface area contributed by atoms with Crippen molar-refractivity contribution in [3.63, 3.8) is 0 Å². The summed E-state index contributed by atoms with van der Waals surface area (Å²) in [6.45, 7) is 6.78. The van der Waals surface area contributed by atoms with E-state index in [2.05, 4.69) is 10.6 Å². The van der Waals surface area contributed by atoms with Gasteiger partial charge in [0.1, 0.15) is 0 Å². The summed E-state index contributed by atoms with van der Waals surface area (Å²) in [5, 5.41) is 6.36. The van der Waals surface area contributed by atoms with Crippen LogP contribution in [0, 0.1) is 0 Å². The van der Waals surface area contributed by atoms with Crippen LogP contribution in [-0.2, 0) is 19.1 Å². The molecule has 0 aromatic carbocycles. The number of nitrogens with one attached hydrogen (secondary N) is 2. The molecule has 2 heterocycles. The van der Waals surface area contributed by atoms with Gasteiger partial charge in [-0.15, -0.1) is 0 Å². The van der Waals surface area contributed by atoms with Crippen LogP contribution in [0.3, 0.4) is 0 Å². The number of esters is 1. The maximum absolute atomic E-state index is 12.0. The number of carbonyl (C=O) groups is 3. The number of hydrogen-bond acceptors (Lipinski definition) is 7. The quantitative estimate of drug-likeness (QED) is 0.278. The largest absolute Gasteiger partial charge is 0.465 e. The molecule has 0 saturated carbocycles. The second-order valence-corrected chi connectivity index (χ2v) is 10.00. The van der Waals surface area contributed by atoms with Crippen molar-refractivity contribution in [3.8, 4) is 0 Å². The first-order valence-corrected chi connectivity index (χ1v) is 12.0. The van der Waals surface area contributed by atoms with Gasteiger partial charge >= 0.3 is 12.0 Å². The second kappa shape index (κ2) is 11.3. The van der Waals surface area contributed by atoms with Crippen molar-refractivity contribution in [2.24, 2.45) is 0 Å². The van der Waals surface area contributed by atoms with Gasteiger partial charge in [-0.05, 0) is 33.6 Å². The standard InChI is InChI=1S/C19H32N2O5S2/c1-4-26-19(2,3)9-10-25-15(22)12-28-16(23)8-6-5-7-14-17-13(11-27-14)20-18(24)21-17/h13-14,17H,4-12H2,1-3H3,(H2,20,21,24)/t13-,14-,17-/m0/s1. The molecule has 0 aromatic rings. The lowest BCUT2D eigenvalue weighted by molar-refractivity contribution is -0.142. The SMILES string of the molecule is CCOC(C)(C)CCOC(=O)CSC(=O)CCCC[C@@H]1SC[C@@H]2NC(=O)N[C@@H]21. The molecular weight excluding hydrogens is 400 g/mol. The predicted octanol–water partition coefficient (Wildman–Crippen LogP) is 2.72. The molecule has 2 aliphatic rings. The number of fused-ring (bicyclic) bond motifs is 1. The van der Waals surface area contributed by atoms with Gasteiger partial charge in [-0.2, -0.15) is 11.8 Å².